The van der Waals surface area contributed by atoms with Gasteiger partial charge in [-0.15, -0.1) is 0 Å². The summed E-state index contributed by atoms with van der Waals surface area (Å²) in [7, 11) is 0. The van der Waals surface area contributed by atoms with E-state index in [1.165, 1.54) is 0 Å². The number of aliphatic hydroxyl groups is 1. The van der Waals surface area contributed by atoms with Gasteiger partial charge in [0.15, 0.2) is 0 Å². The number of rotatable bonds is 2. The first-order chi connectivity index (χ1) is 9.22. The maximum atomic E-state index is 12.2. The van der Waals surface area contributed by atoms with Crippen molar-refractivity contribution < 1.29 is 9.90 Å². The number of carbonyl (C=O) groups excluding carboxylic acids is 1. The first kappa shape index (κ1) is 13.6. The molecule has 0 radical (unpaired) electrons. The number of aryl methyl sites for hydroxylation is 1. The fourth-order valence-electron chi connectivity index (χ4n) is 2.25. The van der Waals surface area contributed by atoms with Gasteiger partial charge in [-0.3, -0.25) is 4.79 Å². The Morgan fingerprint density at radius 2 is 2.11 bits per heavy atom. The van der Waals surface area contributed by atoms with Crippen molar-refractivity contribution >= 4 is 5.91 Å². The highest BCUT2D eigenvalue weighted by atomic mass is 16.2. The van der Waals surface area contributed by atoms with Crippen LogP contribution in [0.1, 0.15) is 40.7 Å². The topological polar surface area (TPSA) is 40.5 Å². The Hall–Kier alpha value is -1.79. The number of amides is 1. The highest BCUT2D eigenvalue weighted by Crippen LogP contribution is 2.16. The van der Waals surface area contributed by atoms with E-state index in [9.17, 15) is 4.79 Å². The van der Waals surface area contributed by atoms with Gasteiger partial charge in [-0.05, 0) is 43.5 Å². The van der Waals surface area contributed by atoms with Crippen LogP contribution in [-0.2, 0) is 0 Å². The minimum absolute atomic E-state index is 0.0809. The number of carbonyl (C=O) groups is 1. The third kappa shape index (κ3) is 3.36. The van der Waals surface area contributed by atoms with Crippen molar-refractivity contribution in [2.75, 3.05) is 19.7 Å². The van der Waals surface area contributed by atoms with Gasteiger partial charge in [0.1, 0.15) is 0 Å². The lowest BCUT2D eigenvalue weighted by molar-refractivity contribution is 0.0792. The minimum atomic E-state index is 0.0809. The molecule has 0 aromatic heterocycles. The summed E-state index contributed by atoms with van der Waals surface area (Å²) in [6.07, 6.45) is 2.69. The molecule has 0 spiro atoms. The molecular weight excluding hydrogens is 238 g/mol. The summed E-state index contributed by atoms with van der Waals surface area (Å²) in [5.41, 5.74) is 2.68. The molecule has 1 aliphatic rings. The SMILES string of the molecule is Cc1cc(C(=O)N2CCCC2)ccc1C#CCCO. The number of hydrogen-bond donors (Lipinski definition) is 1. The average Bonchev–Trinajstić information content (AvgIpc) is 2.94. The number of hydrogen-bond acceptors (Lipinski definition) is 2. The van der Waals surface area contributed by atoms with Crippen LogP contribution in [0.5, 0.6) is 0 Å². The lowest BCUT2D eigenvalue weighted by atomic mass is 10.0. The maximum absolute atomic E-state index is 12.2. The predicted octanol–water partition coefficient (Wildman–Crippen LogP) is 1.96. The van der Waals surface area contributed by atoms with Gasteiger partial charge in [-0.2, -0.15) is 0 Å². The van der Waals surface area contributed by atoms with Crippen LogP contribution >= 0.6 is 0 Å². The van der Waals surface area contributed by atoms with Gasteiger partial charge < -0.3 is 10.0 Å². The molecule has 1 aromatic rings. The maximum Gasteiger partial charge on any atom is 0.253 e. The summed E-state index contributed by atoms with van der Waals surface area (Å²) in [6, 6.07) is 5.64. The molecule has 100 valence electrons. The Labute approximate surface area is 114 Å². The van der Waals surface area contributed by atoms with Crippen molar-refractivity contribution in [1.82, 2.24) is 4.90 Å². The second-order valence-electron chi connectivity index (χ2n) is 4.80. The summed E-state index contributed by atoms with van der Waals surface area (Å²) < 4.78 is 0. The fraction of sp³-hybridized carbons (Fsp3) is 0.438. The Morgan fingerprint density at radius 3 is 2.74 bits per heavy atom. The van der Waals surface area contributed by atoms with Crippen molar-refractivity contribution in [1.29, 1.82) is 0 Å². The zero-order valence-corrected chi connectivity index (χ0v) is 11.3. The molecule has 0 aliphatic carbocycles. The van der Waals surface area contributed by atoms with E-state index in [0.717, 1.165) is 42.6 Å². The van der Waals surface area contributed by atoms with Crippen LogP contribution in [0.15, 0.2) is 18.2 Å². The third-order valence-electron chi connectivity index (χ3n) is 3.33. The number of benzene rings is 1. The van der Waals surface area contributed by atoms with Crippen LogP contribution in [0.4, 0.5) is 0 Å². The fourth-order valence-corrected chi connectivity index (χ4v) is 2.25. The molecule has 1 amide bonds. The van der Waals surface area contributed by atoms with Gasteiger partial charge in [0.25, 0.3) is 5.91 Å². The summed E-state index contributed by atoms with van der Waals surface area (Å²) in [4.78, 5) is 14.1. The molecule has 3 nitrogen and oxygen atoms in total. The van der Waals surface area contributed by atoms with Gasteiger partial charge in [0.2, 0.25) is 0 Å². The van der Waals surface area contributed by atoms with E-state index >= 15 is 0 Å². The molecule has 0 saturated carbocycles. The predicted molar refractivity (Wildman–Crippen MR) is 74.9 cm³/mol. The largest absolute Gasteiger partial charge is 0.395 e. The zero-order chi connectivity index (χ0) is 13.7. The van der Waals surface area contributed by atoms with E-state index in [1.54, 1.807) is 0 Å². The van der Waals surface area contributed by atoms with E-state index in [2.05, 4.69) is 11.8 Å². The Kier molecular flexibility index (Phi) is 4.59. The molecule has 1 fully saturated rings. The van der Waals surface area contributed by atoms with E-state index in [4.69, 9.17) is 5.11 Å². The molecule has 1 aromatic carbocycles. The summed E-state index contributed by atoms with van der Waals surface area (Å²) in [6.45, 7) is 3.78. The molecule has 3 heteroatoms. The quantitative estimate of drug-likeness (QED) is 0.823. The second kappa shape index (κ2) is 6.40. The smallest absolute Gasteiger partial charge is 0.253 e. The van der Waals surface area contributed by atoms with E-state index in [1.807, 2.05) is 30.0 Å². The van der Waals surface area contributed by atoms with E-state index in [0.29, 0.717) is 6.42 Å². The Morgan fingerprint density at radius 1 is 1.37 bits per heavy atom. The Bertz CT molecular complexity index is 519. The minimum Gasteiger partial charge on any atom is -0.395 e. The Balaban J connectivity index is 2.14. The number of likely N-dealkylation sites (tertiary alicyclic amines) is 1. The summed E-state index contributed by atoms with van der Waals surface area (Å²) in [5.74, 6) is 6.04. The monoisotopic (exact) mass is 257 g/mol. The molecule has 0 bridgehead atoms. The highest BCUT2D eigenvalue weighted by molar-refractivity contribution is 5.94. The van der Waals surface area contributed by atoms with Gasteiger partial charge >= 0.3 is 0 Å². The average molecular weight is 257 g/mol. The third-order valence-corrected chi connectivity index (χ3v) is 3.33. The van der Waals surface area contributed by atoms with Crippen molar-refractivity contribution in [3.8, 4) is 11.8 Å². The van der Waals surface area contributed by atoms with Crippen LogP contribution < -0.4 is 0 Å². The van der Waals surface area contributed by atoms with Crippen molar-refractivity contribution in [2.24, 2.45) is 0 Å². The standard InChI is InChI=1S/C16H19NO2/c1-13-12-15(16(19)17-9-3-4-10-17)8-7-14(13)6-2-5-11-18/h7-8,12,18H,3-5,9-11H2,1H3. The summed E-state index contributed by atoms with van der Waals surface area (Å²) in [5, 5.41) is 8.70. The molecule has 1 N–H and O–H groups in total. The van der Waals surface area contributed by atoms with E-state index < -0.39 is 0 Å². The number of aliphatic hydroxyl groups excluding tert-OH is 1. The van der Waals surface area contributed by atoms with Crippen LogP contribution in [-0.4, -0.2) is 35.6 Å². The first-order valence-electron chi connectivity index (χ1n) is 6.72. The normalized spacial score (nSPS) is 14.1. The molecule has 1 aliphatic heterocycles. The van der Waals surface area contributed by atoms with Crippen molar-refractivity contribution in [3.63, 3.8) is 0 Å². The summed E-state index contributed by atoms with van der Waals surface area (Å²) >= 11 is 0. The van der Waals surface area contributed by atoms with Crippen LogP contribution in [0.25, 0.3) is 0 Å². The van der Waals surface area contributed by atoms with Crippen LogP contribution in [0, 0.1) is 18.8 Å². The molecule has 0 unspecified atom stereocenters. The van der Waals surface area contributed by atoms with Crippen molar-refractivity contribution in [3.05, 3.63) is 34.9 Å². The van der Waals surface area contributed by atoms with E-state index in [-0.39, 0.29) is 12.5 Å². The lowest BCUT2D eigenvalue weighted by Crippen LogP contribution is -2.27. The molecule has 1 heterocycles. The van der Waals surface area contributed by atoms with Crippen molar-refractivity contribution in [2.45, 2.75) is 26.2 Å². The lowest BCUT2D eigenvalue weighted by Gasteiger charge is -2.15. The van der Waals surface area contributed by atoms with Gasteiger partial charge in [0, 0.05) is 30.6 Å². The second-order valence-corrected chi connectivity index (χ2v) is 4.80. The molecule has 2 rings (SSSR count). The van der Waals surface area contributed by atoms with Gasteiger partial charge in [-0.1, -0.05) is 11.8 Å². The van der Waals surface area contributed by atoms with Crippen LogP contribution in [0.2, 0.25) is 0 Å². The molecular formula is C16H19NO2. The molecule has 19 heavy (non-hydrogen) atoms. The van der Waals surface area contributed by atoms with Gasteiger partial charge in [0.05, 0.1) is 6.61 Å². The van der Waals surface area contributed by atoms with Crippen LogP contribution in [0.3, 0.4) is 0 Å². The molecule has 1 saturated heterocycles. The van der Waals surface area contributed by atoms with Gasteiger partial charge in [-0.25, -0.2) is 0 Å². The number of nitrogens with zero attached hydrogens (tertiary/aromatic N) is 1. The molecule has 0 atom stereocenters. The highest BCUT2D eigenvalue weighted by Gasteiger charge is 2.19. The zero-order valence-electron chi connectivity index (χ0n) is 11.3. The first-order valence-corrected chi connectivity index (χ1v) is 6.72.